The highest BCUT2D eigenvalue weighted by atomic mass is 79.9. The molecule has 1 N–H and O–H groups in total. The summed E-state index contributed by atoms with van der Waals surface area (Å²) in [4.78, 5) is 0. The highest BCUT2D eigenvalue weighted by Crippen LogP contribution is 2.24. The van der Waals surface area contributed by atoms with Crippen LogP contribution in [0.1, 0.15) is 44.9 Å². The topological polar surface area (TPSA) is 25.2 Å². The van der Waals surface area contributed by atoms with Gasteiger partial charge in [-0.25, -0.2) is 0 Å². The van der Waals surface area contributed by atoms with Gasteiger partial charge in [0, 0.05) is 0 Å². The summed E-state index contributed by atoms with van der Waals surface area (Å²) in [7, 11) is 0. The molecule has 1 atom stereocenters. The second kappa shape index (κ2) is 6.25. The summed E-state index contributed by atoms with van der Waals surface area (Å²) in [5.41, 5.74) is 0. The molecule has 0 fully saturated rings. The van der Waals surface area contributed by atoms with E-state index in [1.54, 1.807) is 0 Å². The predicted molar refractivity (Wildman–Crippen MR) is 62.4 cm³/mol. The summed E-state index contributed by atoms with van der Waals surface area (Å²) < 4.78 is 6.36. The average Bonchev–Trinajstić information content (AvgIpc) is 2.59. The first kappa shape index (κ1) is 11.8. The van der Waals surface area contributed by atoms with Gasteiger partial charge in [-0.1, -0.05) is 26.7 Å². The van der Waals surface area contributed by atoms with E-state index in [-0.39, 0.29) is 0 Å². The molecule has 1 aromatic rings. The zero-order chi connectivity index (χ0) is 10.4. The molecule has 0 saturated heterocycles. The molecule has 3 heteroatoms. The Morgan fingerprint density at radius 1 is 1.43 bits per heavy atom. The molecule has 0 aromatic carbocycles. The van der Waals surface area contributed by atoms with E-state index in [4.69, 9.17) is 4.42 Å². The lowest BCUT2D eigenvalue weighted by atomic mass is 10.1. The van der Waals surface area contributed by atoms with Crippen LogP contribution in [0.4, 0.5) is 0 Å². The maximum atomic E-state index is 5.55. The molecule has 1 heterocycles. The van der Waals surface area contributed by atoms with Crippen molar-refractivity contribution in [2.75, 3.05) is 6.54 Å². The first-order chi connectivity index (χ1) is 6.77. The van der Waals surface area contributed by atoms with Crippen molar-refractivity contribution < 1.29 is 4.42 Å². The van der Waals surface area contributed by atoms with Crippen LogP contribution in [0.5, 0.6) is 0 Å². The van der Waals surface area contributed by atoms with Crippen LogP contribution < -0.4 is 5.32 Å². The molecule has 0 aliphatic rings. The van der Waals surface area contributed by atoms with Gasteiger partial charge >= 0.3 is 0 Å². The van der Waals surface area contributed by atoms with E-state index in [1.807, 2.05) is 12.1 Å². The number of rotatable bonds is 6. The molecule has 1 rings (SSSR count). The van der Waals surface area contributed by atoms with E-state index < -0.39 is 0 Å². The number of hydrogen-bond acceptors (Lipinski definition) is 2. The van der Waals surface area contributed by atoms with Crippen LogP contribution in [0.15, 0.2) is 21.2 Å². The van der Waals surface area contributed by atoms with Gasteiger partial charge in [-0.3, -0.25) is 0 Å². The van der Waals surface area contributed by atoms with Crippen molar-refractivity contribution in [3.8, 4) is 0 Å². The highest BCUT2D eigenvalue weighted by Gasteiger charge is 2.13. The molecule has 0 spiro atoms. The van der Waals surface area contributed by atoms with Crippen molar-refractivity contribution in [3.63, 3.8) is 0 Å². The first-order valence-corrected chi connectivity index (χ1v) is 6.05. The summed E-state index contributed by atoms with van der Waals surface area (Å²) in [5.74, 6) is 1.03. The Kier molecular flexibility index (Phi) is 5.26. The summed E-state index contributed by atoms with van der Waals surface area (Å²) >= 11 is 3.33. The Bertz CT molecular complexity index is 260. The van der Waals surface area contributed by atoms with Crippen molar-refractivity contribution >= 4 is 15.9 Å². The molecule has 0 aliphatic carbocycles. The van der Waals surface area contributed by atoms with Gasteiger partial charge in [0.25, 0.3) is 0 Å². The fourth-order valence-corrected chi connectivity index (χ4v) is 1.83. The normalized spacial score (nSPS) is 13.1. The van der Waals surface area contributed by atoms with Crippen LogP contribution in [0.25, 0.3) is 0 Å². The van der Waals surface area contributed by atoms with Crippen LogP contribution in [0.2, 0.25) is 0 Å². The minimum Gasteiger partial charge on any atom is -0.453 e. The zero-order valence-electron chi connectivity index (χ0n) is 8.85. The molecular weight excluding hydrogens is 242 g/mol. The maximum absolute atomic E-state index is 5.55. The van der Waals surface area contributed by atoms with Crippen LogP contribution >= 0.6 is 15.9 Å². The van der Waals surface area contributed by atoms with Gasteiger partial charge in [-0.15, -0.1) is 0 Å². The van der Waals surface area contributed by atoms with Gasteiger partial charge in [0.05, 0.1) is 6.04 Å². The van der Waals surface area contributed by atoms with E-state index in [0.29, 0.717) is 6.04 Å². The lowest BCUT2D eigenvalue weighted by molar-refractivity contribution is 0.385. The number of unbranched alkanes of at least 4 members (excludes halogenated alkanes) is 1. The average molecular weight is 260 g/mol. The van der Waals surface area contributed by atoms with Crippen LogP contribution in [-0.4, -0.2) is 6.54 Å². The van der Waals surface area contributed by atoms with E-state index >= 15 is 0 Å². The summed E-state index contributed by atoms with van der Waals surface area (Å²) in [5, 5.41) is 3.43. The Morgan fingerprint density at radius 2 is 2.21 bits per heavy atom. The smallest absolute Gasteiger partial charge is 0.169 e. The van der Waals surface area contributed by atoms with Crippen LogP contribution in [0.3, 0.4) is 0 Å². The number of halogens is 1. The molecular formula is C11H18BrNO. The minimum atomic E-state index is 0.367. The SMILES string of the molecule is CCCCC(NCC)c1ccc(Br)o1. The Labute approximate surface area is 94.2 Å². The van der Waals surface area contributed by atoms with Crippen molar-refractivity contribution in [1.29, 1.82) is 0 Å². The second-order valence-electron chi connectivity index (χ2n) is 3.39. The summed E-state index contributed by atoms with van der Waals surface area (Å²) in [6.45, 7) is 5.31. The van der Waals surface area contributed by atoms with Gasteiger partial charge in [0.1, 0.15) is 5.76 Å². The lowest BCUT2D eigenvalue weighted by Gasteiger charge is -2.14. The zero-order valence-corrected chi connectivity index (χ0v) is 10.4. The van der Waals surface area contributed by atoms with Crippen molar-refractivity contribution in [2.24, 2.45) is 0 Å². The first-order valence-electron chi connectivity index (χ1n) is 5.26. The number of nitrogens with one attached hydrogen (secondary N) is 1. The largest absolute Gasteiger partial charge is 0.453 e. The molecule has 14 heavy (non-hydrogen) atoms. The van der Waals surface area contributed by atoms with Crippen molar-refractivity contribution in [3.05, 3.63) is 22.6 Å². The Hall–Kier alpha value is -0.280. The van der Waals surface area contributed by atoms with Gasteiger partial charge in [-0.05, 0) is 41.0 Å². The van der Waals surface area contributed by atoms with Crippen molar-refractivity contribution in [2.45, 2.75) is 39.2 Å². The predicted octanol–water partition coefficient (Wildman–Crippen LogP) is 3.88. The summed E-state index contributed by atoms with van der Waals surface area (Å²) in [6, 6.07) is 4.35. The van der Waals surface area contributed by atoms with Gasteiger partial charge in [0.2, 0.25) is 0 Å². The molecule has 0 saturated carbocycles. The molecule has 0 amide bonds. The molecule has 0 aliphatic heterocycles. The van der Waals surface area contributed by atoms with Crippen LogP contribution in [-0.2, 0) is 0 Å². The monoisotopic (exact) mass is 259 g/mol. The third-order valence-corrected chi connectivity index (χ3v) is 2.66. The van der Waals surface area contributed by atoms with Gasteiger partial charge < -0.3 is 9.73 Å². The molecule has 80 valence electrons. The highest BCUT2D eigenvalue weighted by molar-refractivity contribution is 9.10. The quantitative estimate of drug-likeness (QED) is 0.839. The third kappa shape index (κ3) is 3.46. The molecule has 0 bridgehead atoms. The van der Waals surface area contributed by atoms with Crippen LogP contribution in [0, 0.1) is 0 Å². The van der Waals surface area contributed by atoms with Gasteiger partial charge in [-0.2, -0.15) is 0 Å². The maximum Gasteiger partial charge on any atom is 0.169 e. The van der Waals surface area contributed by atoms with E-state index in [9.17, 15) is 0 Å². The van der Waals surface area contributed by atoms with Crippen molar-refractivity contribution in [1.82, 2.24) is 5.32 Å². The lowest BCUT2D eigenvalue weighted by Crippen LogP contribution is -2.20. The molecule has 1 unspecified atom stereocenters. The fraction of sp³-hybridized carbons (Fsp3) is 0.636. The van der Waals surface area contributed by atoms with E-state index in [2.05, 4.69) is 35.1 Å². The number of hydrogen-bond donors (Lipinski definition) is 1. The number of furan rings is 1. The standard InChI is InChI=1S/C11H18BrNO/c1-3-5-6-9(13-4-2)10-7-8-11(12)14-10/h7-9,13H,3-6H2,1-2H3. The Balaban J connectivity index is 2.57. The summed E-state index contributed by atoms with van der Waals surface area (Å²) in [6.07, 6.45) is 3.60. The van der Waals surface area contributed by atoms with E-state index in [1.165, 1.54) is 12.8 Å². The molecule has 1 aromatic heterocycles. The molecule has 0 radical (unpaired) electrons. The van der Waals surface area contributed by atoms with E-state index in [0.717, 1.165) is 23.4 Å². The second-order valence-corrected chi connectivity index (χ2v) is 4.18. The molecule has 2 nitrogen and oxygen atoms in total. The minimum absolute atomic E-state index is 0.367. The van der Waals surface area contributed by atoms with Gasteiger partial charge in [0.15, 0.2) is 4.67 Å². The Morgan fingerprint density at radius 3 is 2.71 bits per heavy atom. The third-order valence-electron chi connectivity index (χ3n) is 2.23. The fourth-order valence-electron chi connectivity index (χ4n) is 1.52.